The fourth-order valence-corrected chi connectivity index (χ4v) is 2.82. The van der Waals surface area contributed by atoms with Gasteiger partial charge in [-0.05, 0) is 35.9 Å². The zero-order chi connectivity index (χ0) is 20.3. The predicted molar refractivity (Wildman–Crippen MR) is 113 cm³/mol. The highest BCUT2D eigenvalue weighted by Crippen LogP contribution is 2.29. The molecule has 0 aliphatic rings. The second kappa shape index (κ2) is 10.8. The van der Waals surface area contributed by atoms with E-state index in [1.54, 1.807) is 7.11 Å². The van der Waals surface area contributed by atoms with Gasteiger partial charge in [0.1, 0.15) is 23.9 Å². The first-order chi connectivity index (χ1) is 14.3. The molecule has 3 aromatic rings. The molecule has 0 spiro atoms. The summed E-state index contributed by atoms with van der Waals surface area (Å²) in [7, 11) is 1.62. The van der Waals surface area contributed by atoms with E-state index in [-0.39, 0.29) is 12.3 Å². The quantitative estimate of drug-likeness (QED) is 0.523. The van der Waals surface area contributed by atoms with E-state index in [9.17, 15) is 4.79 Å². The topological polar surface area (TPSA) is 56.8 Å². The van der Waals surface area contributed by atoms with Crippen molar-refractivity contribution < 1.29 is 19.0 Å². The van der Waals surface area contributed by atoms with Crippen LogP contribution in [-0.2, 0) is 4.79 Å². The molecule has 0 saturated heterocycles. The van der Waals surface area contributed by atoms with Gasteiger partial charge in [0, 0.05) is 5.56 Å². The van der Waals surface area contributed by atoms with Gasteiger partial charge in [-0.2, -0.15) is 0 Å². The van der Waals surface area contributed by atoms with E-state index in [4.69, 9.17) is 14.2 Å². The zero-order valence-electron chi connectivity index (χ0n) is 16.5. The van der Waals surface area contributed by atoms with Gasteiger partial charge in [-0.15, -0.1) is 0 Å². The van der Waals surface area contributed by atoms with E-state index < -0.39 is 0 Å². The Balaban J connectivity index is 1.38. The maximum atomic E-state index is 12.0. The zero-order valence-corrected chi connectivity index (χ0v) is 16.5. The number of hydrogen-bond acceptors (Lipinski definition) is 4. The van der Waals surface area contributed by atoms with Crippen LogP contribution < -0.4 is 19.5 Å². The summed E-state index contributed by atoms with van der Waals surface area (Å²) in [4.78, 5) is 12.0. The highest BCUT2D eigenvalue weighted by Gasteiger charge is 2.07. The van der Waals surface area contributed by atoms with Crippen molar-refractivity contribution in [3.05, 3.63) is 78.9 Å². The maximum Gasteiger partial charge on any atom is 0.223 e. The molecule has 0 bridgehead atoms. The number of methoxy groups -OCH3 is 1. The lowest BCUT2D eigenvalue weighted by Gasteiger charge is -2.12. The number of carbonyl (C=O) groups is 1. The van der Waals surface area contributed by atoms with Gasteiger partial charge in [0.25, 0.3) is 0 Å². The molecule has 5 nitrogen and oxygen atoms in total. The monoisotopic (exact) mass is 391 g/mol. The molecule has 0 aliphatic carbocycles. The van der Waals surface area contributed by atoms with Crippen LogP contribution in [0.3, 0.4) is 0 Å². The number of carbonyl (C=O) groups excluding carboxylic acids is 1. The Kier molecular flexibility index (Phi) is 7.52. The molecule has 29 heavy (non-hydrogen) atoms. The van der Waals surface area contributed by atoms with E-state index in [1.165, 1.54) is 0 Å². The summed E-state index contributed by atoms with van der Waals surface area (Å²) in [5.41, 5.74) is 2.10. The van der Waals surface area contributed by atoms with Crippen molar-refractivity contribution in [1.82, 2.24) is 5.32 Å². The van der Waals surface area contributed by atoms with Crippen molar-refractivity contribution in [3.63, 3.8) is 0 Å². The van der Waals surface area contributed by atoms with Crippen molar-refractivity contribution >= 4 is 5.91 Å². The molecule has 3 rings (SSSR count). The third-order valence-electron chi connectivity index (χ3n) is 4.31. The third kappa shape index (κ3) is 6.28. The van der Waals surface area contributed by atoms with Gasteiger partial charge in [-0.25, -0.2) is 0 Å². The Hall–Kier alpha value is -3.47. The molecule has 150 valence electrons. The Morgan fingerprint density at radius 2 is 1.48 bits per heavy atom. The minimum Gasteiger partial charge on any atom is -0.497 e. The first-order valence-corrected chi connectivity index (χ1v) is 9.57. The lowest BCUT2D eigenvalue weighted by atomic mass is 10.1. The fourth-order valence-electron chi connectivity index (χ4n) is 2.82. The van der Waals surface area contributed by atoms with Crippen LogP contribution in [0.5, 0.6) is 17.2 Å². The maximum absolute atomic E-state index is 12.0. The Morgan fingerprint density at radius 3 is 2.24 bits per heavy atom. The van der Waals surface area contributed by atoms with Gasteiger partial charge in [-0.1, -0.05) is 48.5 Å². The van der Waals surface area contributed by atoms with Gasteiger partial charge in [-0.3, -0.25) is 4.79 Å². The second-order valence-corrected chi connectivity index (χ2v) is 6.33. The first-order valence-electron chi connectivity index (χ1n) is 9.57. The summed E-state index contributed by atoms with van der Waals surface area (Å²) in [6.07, 6.45) is 0.283. The van der Waals surface area contributed by atoms with Gasteiger partial charge in [0.2, 0.25) is 5.91 Å². The van der Waals surface area contributed by atoms with Crippen LogP contribution in [-0.4, -0.2) is 32.8 Å². The molecule has 0 atom stereocenters. The van der Waals surface area contributed by atoms with Crippen LogP contribution in [0.2, 0.25) is 0 Å². The van der Waals surface area contributed by atoms with Crippen LogP contribution in [0.15, 0.2) is 78.9 Å². The molecule has 1 N–H and O–H groups in total. The Labute approximate surface area is 171 Å². The first kappa shape index (κ1) is 20.3. The lowest BCUT2D eigenvalue weighted by Crippen LogP contribution is -2.29. The lowest BCUT2D eigenvalue weighted by molar-refractivity contribution is -0.121. The molecule has 1 amide bonds. The molecule has 3 aromatic carbocycles. The standard InChI is InChI=1S/C24H25NO4/c1-27-20-11-13-21(14-12-20)28-18-16-25-24(26)15-17-29-23-10-6-5-9-22(23)19-7-3-2-4-8-19/h2-14H,15-18H2,1H3,(H,25,26). The van der Waals surface area contributed by atoms with Crippen LogP contribution >= 0.6 is 0 Å². The number of nitrogens with one attached hydrogen (secondary N) is 1. The highest BCUT2D eigenvalue weighted by atomic mass is 16.5. The van der Waals surface area contributed by atoms with Crippen LogP contribution in [0.1, 0.15) is 6.42 Å². The summed E-state index contributed by atoms with van der Waals surface area (Å²) < 4.78 is 16.6. The van der Waals surface area contributed by atoms with Gasteiger partial charge < -0.3 is 19.5 Å². The summed E-state index contributed by atoms with van der Waals surface area (Å²) in [6.45, 7) is 1.15. The van der Waals surface area contributed by atoms with E-state index in [2.05, 4.69) is 5.32 Å². The van der Waals surface area contributed by atoms with Crippen molar-refractivity contribution in [2.45, 2.75) is 6.42 Å². The van der Waals surface area contributed by atoms with E-state index in [0.29, 0.717) is 19.8 Å². The molecular weight excluding hydrogens is 366 g/mol. The number of amides is 1. The van der Waals surface area contributed by atoms with E-state index in [1.807, 2.05) is 78.9 Å². The Bertz CT molecular complexity index is 894. The molecule has 0 aliphatic heterocycles. The summed E-state index contributed by atoms with van der Waals surface area (Å²) in [6, 6.07) is 25.2. The average Bonchev–Trinajstić information content (AvgIpc) is 2.78. The van der Waals surface area contributed by atoms with Crippen LogP contribution in [0, 0.1) is 0 Å². The molecule has 0 unspecified atom stereocenters. The van der Waals surface area contributed by atoms with Gasteiger partial charge in [0.05, 0.1) is 26.7 Å². The minimum absolute atomic E-state index is 0.0690. The third-order valence-corrected chi connectivity index (χ3v) is 4.31. The summed E-state index contributed by atoms with van der Waals surface area (Å²) >= 11 is 0. The molecule has 0 radical (unpaired) electrons. The second-order valence-electron chi connectivity index (χ2n) is 6.33. The fraction of sp³-hybridized carbons (Fsp3) is 0.208. The van der Waals surface area contributed by atoms with Crippen molar-refractivity contribution in [3.8, 4) is 28.4 Å². The SMILES string of the molecule is COc1ccc(OCCNC(=O)CCOc2ccccc2-c2ccccc2)cc1. The number of ether oxygens (including phenoxy) is 3. The summed E-state index contributed by atoms with van der Waals surface area (Å²) in [5.74, 6) is 2.22. The normalized spacial score (nSPS) is 10.2. The van der Waals surface area contributed by atoms with Crippen molar-refractivity contribution in [2.75, 3.05) is 26.9 Å². The minimum atomic E-state index is -0.0690. The predicted octanol–water partition coefficient (Wildman–Crippen LogP) is 4.33. The van der Waals surface area contributed by atoms with Gasteiger partial charge in [0.15, 0.2) is 0 Å². The number of para-hydroxylation sites is 1. The molecule has 0 aromatic heterocycles. The molecular formula is C24H25NO4. The highest BCUT2D eigenvalue weighted by molar-refractivity contribution is 5.76. The average molecular weight is 391 g/mol. The van der Waals surface area contributed by atoms with Gasteiger partial charge >= 0.3 is 0 Å². The van der Waals surface area contributed by atoms with Crippen LogP contribution in [0.4, 0.5) is 0 Å². The van der Waals surface area contributed by atoms with E-state index in [0.717, 1.165) is 28.4 Å². The van der Waals surface area contributed by atoms with Crippen molar-refractivity contribution in [2.24, 2.45) is 0 Å². The van der Waals surface area contributed by atoms with Crippen LogP contribution in [0.25, 0.3) is 11.1 Å². The molecule has 0 fully saturated rings. The molecule has 0 heterocycles. The number of benzene rings is 3. The molecule has 5 heteroatoms. The largest absolute Gasteiger partial charge is 0.497 e. The smallest absolute Gasteiger partial charge is 0.223 e. The number of rotatable bonds is 10. The Morgan fingerprint density at radius 1 is 0.793 bits per heavy atom. The molecule has 0 saturated carbocycles. The summed E-state index contributed by atoms with van der Waals surface area (Å²) in [5, 5.41) is 2.84. The van der Waals surface area contributed by atoms with Crippen molar-refractivity contribution in [1.29, 1.82) is 0 Å². The number of hydrogen-bond donors (Lipinski definition) is 1. The van der Waals surface area contributed by atoms with E-state index >= 15 is 0 Å².